The predicted octanol–water partition coefficient (Wildman–Crippen LogP) is -0.0935. The van der Waals surface area contributed by atoms with Crippen LogP contribution in [0.4, 0.5) is 0 Å². The molecule has 2 unspecified atom stereocenters. The monoisotopic (exact) mass is 355 g/mol. The maximum Gasteiger partial charge on any atom is 0.315 e. The van der Waals surface area contributed by atoms with Crippen LogP contribution in [0, 0.1) is 11.8 Å². The molecule has 0 bridgehead atoms. The standard InChI is InChI=1S/C20H26N4O2/c1-4-14(17-13(2)12-16(21)18(23-17)19(22)25)8-6-5-7-9-15-10-11-24(3)20(15)26/h4-9,13,15H,1,10-12,21H2,2-3H3,(H2,22,25)/p+1. The summed E-state index contributed by atoms with van der Waals surface area (Å²) in [7, 11) is 1.82. The van der Waals surface area contributed by atoms with E-state index in [1.807, 2.05) is 44.4 Å². The third kappa shape index (κ3) is 4.39. The molecule has 0 radical (unpaired) electrons. The lowest BCUT2D eigenvalue weighted by atomic mass is 9.90. The van der Waals surface area contributed by atoms with Gasteiger partial charge in [0.2, 0.25) is 5.91 Å². The number of amides is 2. The van der Waals surface area contributed by atoms with Crippen molar-refractivity contribution < 1.29 is 14.6 Å². The maximum absolute atomic E-state index is 11.8. The van der Waals surface area contributed by atoms with Crippen molar-refractivity contribution in [2.24, 2.45) is 23.3 Å². The van der Waals surface area contributed by atoms with Gasteiger partial charge in [-0.2, -0.15) is 0 Å². The van der Waals surface area contributed by atoms with E-state index in [1.165, 1.54) is 0 Å². The predicted molar refractivity (Wildman–Crippen MR) is 102 cm³/mol. The molecule has 0 saturated carbocycles. The number of likely N-dealkylation sites (tertiary alicyclic amines) is 1. The highest BCUT2D eigenvalue weighted by Gasteiger charge is 2.30. The lowest BCUT2D eigenvalue weighted by Gasteiger charge is -2.16. The minimum absolute atomic E-state index is 0.0341. The number of primary amides is 1. The summed E-state index contributed by atoms with van der Waals surface area (Å²) >= 11 is 0. The summed E-state index contributed by atoms with van der Waals surface area (Å²) in [5, 5.41) is 0. The summed E-state index contributed by atoms with van der Waals surface area (Å²) in [4.78, 5) is 28.2. The largest absolute Gasteiger partial charge is 0.397 e. The zero-order chi connectivity index (χ0) is 19.3. The first-order valence-electron chi connectivity index (χ1n) is 8.70. The lowest BCUT2D eigenvalue weighted by molar-refractivity contribution is -0.398. The molecule has 2 rings (SSSR count). The molecule has 1 fully saturated rings. The van der Waals surface area contributed by atoms with Gasteiger partial charge in [-0.1, -0.05) is 43.9 Å². The van der Waals surface area contributed by atoms with E-state index in [9.17, 15) is 9.59 Å². The number of rotatable bonds is 6. The van der Waals surface area contributed by atoms with Crippen LogP contribution in [0.25, 0.3) is 0 Å². The van der Waals surface area contributed by atoms with Crippen LogP contribution in [0.1, 0.15) is 19.8 Å². The molecule has 2 heterocycles. The van der Waals surface area contributed by atoms with Gasteiger partial charge in [0.1, 0.15) is 0 Å². The molecular formula is C20H27N4O2+. The van der Waals surface area contributed by atoms with E-state index in [2.05, 4.69) is 11.6 Å². The molecule has 1 saturated heterocycles. The van der Waals surface area contributed by atoms with Crippen LogP contribution in [0.3, 0.4) is 0 Å². The van der Waals surface area contributed by atoms with E-state index in [1.54, 1.807) is 11.0 Å². The van der Waals surface area contributed by atoms with E-state index < -0.39 is 5.91 Å². The fourth-order valence-corrected chi connectivity index (χ4v) is 3.17. The molecular weight excluding hydrogens is 328 g/mol. The average molecular weight is 355 g/mol. The Morgan fingerprint density at radius 2 is 2.08 bits per heavy atom. The van der Waals surface area contributed by atoms with Gasteiger partial charge in [-0.25, -0.2) is 4.99 Å². The summed E-state index contributed by atoms with van der Waals surface area (Å²) in [6.07, 6.45) is 12.6. The second kappa shape index (κ2) is 8.47. The smallest absolute Gasteiger partial charge is 0.315 e. The van der Waals surface area contributed by atoms with E-state index in [-0.39, 0.29) is 23.4 Å². The Labute approximate surface area is 154 Å². The first-order chi connectivity index (χ1) is 12.3. The first kappa shape index (κ1) is 19.4. The Morgan fingerprint density at radius 1 is 1.35 bits per heavy atom. The number of nitrogens with two attached hydrogens (primary N) is 2. The molecule has 2 amide bonds. The third-order valence-corrected chi connectivity index (χ3v) is 4.69. The molecule has 0 aromatic rings. The van der Waals surface area contributed by atoms with Gasteiger partial charge in [0.25, 0.3) is 5.70 Å². The van der Waals surface area contributed by atoms with Crippen molar-refractivity contribution in [3.05, 3.63) is 60.0 Å². The van der Waals surface area contributed by atoms with E-state index in [0.717, 1.165) is 24.3 Å². The molecule has 6 heteroatoms. The fourth-order valence-electron chi connectivity index (χ4n) is 3.17. The third-order valence-electron chi connectivity index (χ3n) is 4.69. The summed E-state index contributed by atoms with van der Waals surface area (Å²) in [5.74, 6) is -0.317. The number of nitrogens with one attached hydrogen (secondary N) is 1. The van der Waals surface area contributed by atoms with Crippen LogP contribution < -0.4 is 16.5 Å². The van der Waals surface area contributed by atoms with Crippen molar-refractivity contribution in [3.8, 4) is 0 Å². The van der Waals surface area contributed by atoms with Crippen molar-refractivity contribution >= 4 is 17.5 Å². The number of hydrogen-bond donors (Lipinski definition) is 3. The quantitative estimate of drug-likeness (QED) is 0.580. The van der Waals surface area contributed by atoms with Crippen molar-refractivity contribution in [2.45, 2.75) is 19.8 Å². The summed E-state index contributed by atoms with van der Waals surface area (Å²) in [5.41, 5.74) is 13.7. The molecule has 5 N–H and O–H groups in total. The van der Waals surface area contributed by atoms with Gasteiger partial charge in [0, 0.05) is 31.5 Å². The van der Waals surface area contributed by atoms with Crippen LogP contribution >= 0.6 is 0 Å². The molecule has 2 atom stereocenters. The number of carbonyl (C=O) groups is 2. The van der Waals surface area contributed by atoms with Crippen molar-refractivity contribution in [1.29, 1.82) is 0 Å². The molecule has 138 valence electrons. The first-order valence-corrected chi connectivity index (χ1v) is 8.70. The van der Waals surface area contributed by atoms with Gasteiger partial charge in [-0.3, -0.25) is 9.59 Å². The lowest BCUT2D eigenvalue weighted by Crippen LogP contribution is -2.77. The number of carbonyl (C=O) groups excluding carboxylic acids is 2. The maximum atomic E-state index is 11.8. The van der Waals surface area contributed by atoms with E-state index >= 15 is 0 Å². The van der Waals surface area contributed by atoms with Crippen LogP contribution in [0.5, 0.6) is 0 Å². The molecule has 0 aromatic heterocycles. The van der Waals surface area contributed by atoms with E-state index in [0.29, 0.717) is 12.1 Å². The molecule has 6 nitrogen and oxygen atoms in total. The zero-order valence-electron chi connectivity index (χ0n) is 15.4. The van der Waals surface area contributed by atoms with Crippen molar-refractivity contribution in [2.75, 3.05) is 13.6 Å². The van der Waals surface area contributed by atoms with Gasteiger partial charge >= 0.3 is 5.91 Å². The van der Waals surface area contributed by atoms with Gasteiger partial charge in [0.05, 0.1) is 11.6 Å². The Morgan fingerprint density at radius 3 is 2.65 bits per heavy atom. The topological polar surface area (TPSA) is 103 Å². The Balaban J connectivity index is 2.12. The summed E-state index contributed by atoms with van der Waals surface area (Å²) in [6, 6.07) is 0. The molecule has 0 aliphatic carbocycles. The highest BCUT2D eigenvalue weighted by molar-refractivity contribution is 6.02. The zero-order valence-corrected chi connectivity index (χ0v) is 15.4. The molecule has 0 aromatic carbocycles. The Bertz CT molecular complexity index is 756. The second-order valence-corrected chi connectivity index (χ2v) is 6.66. The summed E-state index contributed by atoms with van der Waals surface area (Å²) < 4.78 is 0. The minimum Gasteiger partial charge on any atom is -0.397 e. The average Bonchev–Trinajstić information content (AvgIpc) is 2.90. The van der Waals surface area contributed by atoms with Gasteiger partial charge in [0.15, 0.2) is 5.71 Å². The Hall–Kier alpha value is -2.89. The fraction of sp³-hybridized carbons (Fsp3) is 0.350. The van der Waals surface area contributed by atoms with Gasteiger partial charge < -0.3 is 16.4 Å². The summed E-state index contributed by atoms with van der Waals surface area (Å²) in [6.45, 7) is 6.67. The highest BCUT2D eigenvalue weighted by Crippen LogP contribution is 2.18. The molecule has 2 aliphatic heterocycles. The highest BCUT2D eigenvalue weighted by atomic mass is 16.2. The Kier molecular flexibility index (Phi) is 6.33. The molecule has 26 heavy (non-hydrogen) atoms. The van der Waals surface area contributed by atoms with E-state index in [4.69, 9.17) is 11.5 Å². The number of nitrogens with zero attached hydrogens (tertiary/aromatic N) is 1. The van der Waals surface area contributed by atoms with Crippen LogP contribution in [0.15, 0.2) is 60.0 Å². The van der Waals surface area contributed by atoms with Crippen molar-refractivity contribution in [1.82, 2.24) is 4.90 Å². The number of allylic oxidation sites excluding steroid dienone is 7. The van der Waals surface area contributed by atoms with Crippen LogP contribution in [-0.2, 0) is 9.59 Å². The number of hydrogen-bond acceptors (Lipinski definition) is 3. The SMILES string of the molecule is C=CC(=CC=CC=CC1CCN(C)C1=O)C1=[NH+]C(C(N)=O)=C(N)CC1C. The second-order valence-electron chi connectivity index (χ2n) is 6.66. The van der Waals surface area contributed by atoms with Gasteiger partial charge in [-0.15, -0.1) is 0 Å². The molecule has 0 spiro atoms. The van der Waals surface area contributed by atoms with Crippen LogP contribution in [0.2, 0.25) is 0 Å². The van der Waals surface area contributed by atoms with Crippen LogP contribution in [-0.4, -0.2) is 36.0 Å². The normalized spacial score (nSPS) is 24.7. The molecule has 2 aliphatic rings. The minimum atomic E-state index is -0.569. The van der Waals surface area contributed by atoms with Gasteiger partial charge in [-0.05, 0) is 12.5 Å². The van der Waals surface area contributed by atoms with Crippen molar-refractivity contribution in [3.63, 3.8) is 0 Å².